The van der Waals surface area contributed by atoms with Crippen LogP contribution < -0.4 is 0 Å². The SMILES string of the molecule is CC(C)(C)OC(=O)N1CCCC12CCC(B1OC(C)(C)C(C)(C)O1)C2. The van der Waals surface area contributed by atoms with Gasteiger partial charge in [0.2, 0.25) is 0 Å². The number of hydrogen-bond acceptors (Lipinski definition) is 4. The Bertz CT molecular complexity index is 526. The molecule has 0 N–H and O–H groups in total. The van der Waals surface area contributed by atoms with Gasteiger partial charge in [0, 0.05) is 12.1 Å². The van der Waals surface area contributed by atoms with Crippen molar-refractivity contribution in [3.8, 4) is 0 Å². The Morgan fingerprint density at radius 2 is 1.72 bits per heavy atom. The molecule has 2 saturated heterocycles. The van der Waals surface area contributed by atoms with Crippen molar-refractivity contribution in [2.24, 2.45) is 0 Å². The summed E-state index contributed by atoms with van der Waals surface area (Å²) in [4.78, 5) is 14.7. The quantitative estimate of drug-likeness (QED) is 0.657. The highest BCUT2D eigenvalue weighted by molar-refractivity contribution is 6.47. The van der Waals surface area contributed by atoms with E-state index >= 15 is 0 Å². The van der Waals surface area contributed by atoms with Gasteiger partial charge in [-0.1, -0.05) is 0 Å². The molecule has 1 spiro atoms. The molecule has 2 unspecified atom stereocenters. The van der Waals surface area contributed by atoms with Crippen molar-refractivity contribution in [2.75, 3.05) is 6.54 Å². The number of carbonyl (C=O) groups excluding carboxylic acids is 1. The molecule has 0 aromatic carbocycles. The molecule has 5 nitrogen and oxygen atoms in total. The molecule has 0 bridgehead atoms. The second kappa shape index (κ2) is 5.88. The van der Waals surface area contributed by atoms with E-state index in [1.807, 2.05) is 25.7 Å². The van der Waals surface area contributed by atoms with Crippen molar-refractivity contribution >= 4 is 13.2 Å². The van der Waals surface area contributed by atoms with E-state index in [4.69, 9.17) is 14.0 Å². The third-order valence-electron chi connectivity index (χ3n) is 6.49. The number of ether oxygens (including phenoxy) is 1. The summed E-state index contributed by atoms with van der Waals surface area (Å²) < 4.78 is 18.2. The molecular weight excluding hydrogens is 317 g/mol. The fraction of sp³-hybridized carbons (Fsp3) is 0.947. The first-order valence-electron chi connectivity index (χ1n) is 9.72. The average molecular weight is 351 g/mol. The lowest BCUT2D eigenvalue weighted by Crippen LogP contribution is -2.47. The zero-order valence-electron chi connectivity index (χ0n) is 17.0. The minimum atomic E-state index is -0.454. The summed E-state index contributed by atoms with van der Waals surface area (Å²) in [6.07, 6.45) is 4.94. The van der Waals surface area contributed by atoms with Crippen molar-refractivity contribution in [2.45, 2.75) is 109 Å². The maximum absolute atomic E-state index is 12.7. The zero-order chi connectivity index (χ0) is 18.7. The Labute approximate surface area is 152 Å². The maximum atomic E-state index is 12.7. The van der Waals surface area contributed by atoms with Crippen LogP contribution in [-0.2, 0) is 14.0 Å². The van der Waals surface area contributed by atoms with Gasteiger partial charge >= 0.3 is 13.2 Å². The smallest absolute Gasteiger partial charge is 0.444 e. The molecule has 0 aromatic heterocycles. The number of carbonyl (C=O) groups is 1. The molecule has 3 fully saturated rings. The second-order valence-corrected chi connectivity index (χ2v) is 10.1. The highest BCUT2D eigenvalue weighted by atomic mass is 16.7. The summed E-state index contributed by atoms with van der Waals surface area (Å²) in [6, 6.07) is 0. The number of nitrogens with zero attached hydrogens (tertiary/aromatic N) is 1. The van der Waals surface area contributed by atoms with Gasteiger partial charge in [-0.2, -0.15) is 0 Å². The van der Waals surface area contributed by atoms with Crippen LogP contribution in [0, 0.1) is 0 Å². The van der Waals surface area contributed by atoms with Crippen LogP contribution in [0.15, 0.2) is 0 Å². The van der Waals surface area contributed by atoms with Gasteiger partial charge in [0.1, 0.15) is 5.60 Å². The van der Waals surface area contributed by atoms with E-state index in [2.05, 4.69) is 27.7 Å². The first-order chi connectivity index (χ1) is 11.4. The molecule has 3 aliphatic rings. The highest BCUT2D eigenvalue weighted by Crippen LogP contribution is 2.52. The highest BCUT2D eigenvalue weighted by Gasteiger charge is 2.58. The third kappa shape index (κ3) is 3.44. The monoisotopic (exact) mass is 351 g/mol. The minimum Gasteiger partial charge on any atom is -0.444 e. The Hall–Kier alpha value is -0.745. The normalized spacial score (nSPS) is 34.1. The van der Waals surface area contributed by atoms with E-state index in [1.165, 1.54) is 0 Å². The average Bonchev–Trinajstić information content (AvgIpc) is 3.08. The van der Waals surface area contributed by atoms with E-state index < -0.39 is 5.60 Å². The molecule has 2 atom stereocenters. The topological polar surface area (TPSA) is 48.0 Å². The van der Waals surface area contributed by atoms with Crippen LogP contribution in [0.3, 0.4) is 0 Å². The molecule has 0 radical (unpaired) electrons. The van der Waals surface area contributed by atoms with Gasteiger partial charge < -0.3 is 18.9 Å². The van der Waals surface area contributed by atoms with Gasteiger partial charge in [0.15, 0.2) is 0 Å². The molecule has 6 heteroatoms. The summed E-state index contributed by atoms with van der Waals surface area (Å²) in [5, 5.41) is 0. The Morgan fingerprint density at radius 3 is 2.28 bits per heavy atom. The van der Waals surface area contributed by atoms with Gasteiger partial charge in [-0.25, -0.2) is 4.79 Å². The van der Waals surface area contributed by atoms with Gasteiger partial charge in [-0.3, -0.25) is 0 Å². The van der Waals surface area contributed by atoms with Crippen LogP contribution >= 0.6 is 0 Å². The van der Waals surface area contributed by atoms with Crippen molar-refractivity contribution in [1.82, 2.24) is 4.90 Å². The lowest BCUT2D eigenvalue weighted by atomic mass is 9.69. The largest absolute Gasteiger partial charge is 0.461 e. The molecular formula is C19H34BNO4. The molecule has 1 saturated carbocycles. The fourth-order valence-electron chi connectivity index (χ4n) is 4.47. The fourth-order valence-corrected chi connectivity index (χ4v) is 4.47. The summed E-state index contributed by atoms with van der Waals surface area (Å²) >= 11 is 0. The summed E-state index contributed by atoms with van der Waals surface area (Å²) in [5.41, 5.74) is -1.12. The Balaban J connectivity index is 1.70. The first kappa shape index (κ1) is 19.0. The van der Waals surface area contributed by atoms with Crippen molar-refractivity contribution < 1.29 is 18.8 Å². The summed E-state index contributed by atoms with van der Waals surface area (Å²) in [7, 11) is -0.175. The lowest BCUT2D eigenvalue weighted by Gasteiger charge is -2.36. The number of rotatable bonds is 1. The minimum absolute atomic E-state index is 0.0728. The lowest BCUT2D eigenvalue weighted by molar-refractivity contribution is 0.00578. The van der Waals surface area contributed by atoms with E-state index in [-0.39, 0.29) is 30.0 Å². The standard InChI is InChI=1S/C19H34BNO4/c1-16(2,3)23-15(22)21-12-8-10-19(21)11-9-14(13-19)20-24-17(4,5)18(6,7)25-20/h14H,8-13H2,1-7H3. The van der Waals surface area contributed by atoms with E-state index in [1.54, 1.807) is 0 Å². The summed E-state index contributed by atoms with van der Waals surface area (Å²) in [6.45, 7) is 15.0. The number of likely N-dealkylation sites (tertiary alicyclic amines) is 1. The summed E-state index contributed by atoms with van der Waals surface area (Å²) in [5.74, 6) is 0.337. The van der Waals surface area contributed by atoms with Crippen molar-refractivity contribution in [3.05, 3.63) is 0 Å². The van der Waals surface area contributed by atoms with Crippen molar-refractivity contribution in [1.29, 1.82) is 0 Å². The van der Waals surface area contributed by atoms with Crippen LogP contribution in [0.25, 0.3) is 0 Å². The molecule has 1 amide bonds. The molecule has 1 aliphatic carbocycles. The van der Waals surface area contributed by atoms with Crippen LogP contribution in [0.5, 0.6) is 0 Å². The zero-order valence-corrected chi connectivity index (χ0v) is 17.0. The van der Waals surface area contributed by atoms with E-state index in [0.717, 1.165) is 38.6 Å². The predicted molar refractivity (Wildman–Crippen MR) is 98.6 cm³/mol. The van der Waals surface area contributed by atoms with Crippen LogP contribution in [0.2, 0.25) is 5.82 Å². The predicted octanol–water partition coefficient (Wildman–Crippen LogP) is 4.40. The van der Waals surface area contributed by atoms with Crippen LogP contribution in [-0.4, -0.2) is 47.0 Å². The van der Waals surface area contributed by atoms with E-state index in [0.29, 0.717) is 5.82 Å². The molecule has 2 heterocycles. The molecule has 2 aliphatic heterocycles. The Kier molecular flexibility index (Phi) is 4.48. The van der Waals surface area contributed by atoms with Crippen LogP contribution in [0.4, 0.5) is 4.79 Å². The van der Waals surface area contributed by atoms with Gasteiger partial charge in [-0.15, -0.1) is 0 Å². The van der Waals surface area contributed by atoms with Crippen LogP contribution in [0.1, 0.15) is 80.6 Å². The van der Waals surface area contributed by atoms with Crippen molar-refractivity contribution in [3.63, 3.8) is 0 Å². The van der Waals surface area contributed by atoms with Gasteiger partial charge in [0.25, 0.3) is 0 Å². The molecule has 0 aromatic rings. The Morgan fingerprint density at radius 1 is 1.12 bits per heavy atom. The number of hydrogen-bond donors (Lipinski definition) is 0. The van der Waals surface area contributed by atoms with Gasteiger partial charge in [-0.05, 0) is 86.4 Å². The molecule has 3 rings (SSSR count). The van der Waals surface area contributed by atoms with E-state index in [9.17, 15) is 4.79 Å². The molecule has 142 valence electrons. The van der Waals surface area contributed by atoms with Gasteiger partial charge in [0.05, 0.1) is 11.2 Å². The third-order valence-corrected chi connectivity index (χ3v) is 6.49. The molecule has 25 heavy (non-hydrogen) atoms. The number of amides is 1. The first-order valence-corrected chi connectivity index (χ1v) is 9.72. The maximum Gasteiger partial charge on any atom is 0.461 e. The second-order valence-electron chi connectivity index (χ2n) is 10.1.